The largest absolute Gasteiger partial charge is 0.308 e. The molecule has 0 bridgehead atoms. The van der Waals surface area contributed by atoms with E-state index in [2.05, 4.69) is 11.4 Å². The molecule has 1 N–H and O–H groups in total. The summed E-state index contributed by atoms with van der Waals surface area (Å²) in [5.41, 5.74) is 0.618. The summed E-state index contributed by atoms with van der Waals surface area (Å²) < 4.78 is 0. The summed E-state index contributed by atoms with van der Waals surface area (Å²) in [4.78, 5) is 12.2. The van der Waals surface area contributed by atoms with Gasteiger partial charge in [0.15, 0.2) is 0 Å². The molecule has 0 aliphatic heterocycles. The monoisotopic (exact) mass is 248 g/mol. The molecular weight excluding hydrogens is 232 g/mol. The molecule has 0 fully saturated rings. The van der Waals surface area contributed by atoms with Crippen LogP contribution >= 0.6 is 0 Å². The topological polar surface area (TPSA) is 82.2 Å². The van der Waals surface area contributed by atoms with Crippen LogP contribution in [0.25, 0.3) is 0 Å². The van der Waals surface area contributed by atoms with Crippen LogP contribution in [0.3, 0.4) is 0 Å². The van der Waals surface area contributed by atoms with Crippen molar-refractivity contribution in [3.8, 4) is 6.07 Å². The van der Waals surface area contributed by atoms with Gasteiger partial charge in [0.2, 0.25) is 0 Å². The highest BCUT2D eigenvalue weighted by Crippen LogP contribution is 2.18. The lowest BCUT2D eigenvalue weighted by Crippen LogP contribution is -2.29. The van der Waals surface area contributed by atoms with Crippen molar-refractivity contribution in [1.29, 1.82) is 5.26 Å². The van der Waals surface area contributed by atoms with Gasteiger partial charge in [0.25, 0.3) is 5.69 Å². The van der Waals surface area contributed by atoms with Crippen LogP contribution in [0, 0.1) is 21.4 Å². The zero-order valence-electron chi connectivity index (χ0n) is 10.5. The molecule has 6 heteroatoms. The summed E-state index contributed by atoms with van der Waals surface area (Å²) in [6.45, 7) is 1.45. The van der Waals surface area contributed by atoms with Gasteiger partial charge in [-0.25, -0.2) is 0 Å². The first-order valence-corrected chi connectivity index (χ1v) is 5.56. The molecule has 18 heavy (non-hydrogen) atoms. The van der Waals surface area contributed by atoms with E-state index in [1.54, 1.807) is 12.1 Å². The van der Waals surface area contributed by atoms with Gasteiger partial charge in [-0.2, -0.15) is 5.26 Å². The fraction of sp³-hybridized carbons (Fsp3) is 0.417. The number of nitrogens with one attached hydrogen (secondary N) is 1. The van der Waals surface area contributed by atoms with E-state index in [0.717, 1.165) is 6.54 Å². The van der Waals surface area contributed by atoms with Crippen LogP contribution in [0.2, 0.25) is 0 Å². The fourth-order valence-electron chi connectivity index (χ4n) is 1.49. The van der Waals surface area contributed by atoms with Crippen LogP contribution in [-0.4, -0.2) is 37.0 Å². The van der Waals surface area contributed by atoms with Gasteiger partial charge >= 0.3 is 0 Å². The number of benzene rings is 1. The van der Waals surface area contributed by atoms with Crippen molar-refractivity contribution < 1.29 is 4.92 Å². The van der Waals surface area contributed by atoms with Crippen LogP contribution < -0.4 is 5.32 Å². The van der Waals surface area contributed by atoms with Crippen LogP contribution in [0.1, 0.15) is 11.6 Å². The zero-order valence-corrected chi connectivity index (χ0v) is 10.5. The maximum atomic E-state index is 10.7. The average molecular weight is 248 g/mol. The number of nitro benzene ring substituents is 1. The van der Waals surface area contributed by atoms with Gasteiger partial charge in [0.1, 0.15) is 6.04 Å². The highest BCUT2D eigenvalue weighted by molar-refractivity contribution is 5.37. The summed E-state index contributed by atoms with van der Waals surface area (Å²) in [6.07, 6.45) is 0. The van der Waals surface area contributed by atoms with Crippen LogP contribution in [0.15, 0.2) is 24.3 Å². The van der Waals surface area contributed by atoms with E-state index in [1.165, 1.54) is 12.1 Å². The van der Waals surface area contributed by atoms with Gasteiger partial charge in [-0.15, -0.1) is 0 Å². The molecule has 6 nitrogen and oxygen atoms in total. The van der Waals surface area contributed by atoms with E-state index in [-0.39, 0.29) is 5.69 Å². The normalized spacial score (nSPS) is 12.1. The number of non-ortho nitro benzene ring substituents is 1. The Bertz CT molecular complexity index is 454. The third-order valence-electron chi connectivity index (χ3n) is 2.45. The lowest BCUT2D eigenvalue weighted by atomic mass is 10.1. The Morgan fingerprint density at radius 3 is 2.83 bits per heavy atom. The first-order valence-electron chi connectivity index (χ1n) is 5.56. The molecule has 0 saturated carbocycles. The highest BCUT2D eigenvalue weighted by atomic mass is 16.6. The second-order valence-corrected chi connectivity index (χ2v) is 4.17. The standard InChI is InChI=1S/C12H16N4O2/c1-15(2)7-6-14-12(9-13)10-4-3-5-11(8-10)16(17)18/h3-5,8,12,14H,6-7H2,1-2H3. The summed E-state index contributed by atoms with van der Waals surface area (Å²) in [6, 6.07) is 7.72. The summed E-state index contributed by atoms with van der Waals surface area (Å²) >= 11 is 0. The number of likely N-dealkylation sites (N-methyl/N-ethyl adjacent to an activating group) is 1. The predicted molar refractivity (Wildman–Crippen MR) is 68.0 cm³/mol. The van der Waals surface area contributed by atoms with Gasteiger partial charge in [-0.3, -0.25) is 15.4 Å². The van der Waals surface area contributed by atoms with E-state index >= 15 is 0 Å². The third kappa shape index (κ3) is 4.13. The van der Waals surface area contributed by atoms with E-state index in [0.29, 0.717) is 12.1 Å². The smallest absolute Gasteiger partial charge is 0.269 e. The Hall–Kier alpha value is -1.97. The van der Waals surface area contributed by atoms with Crippen molar-refractivity contribution in [2.24, 2.45) is 0 Å². The molecule has 0 aliphatic carbocycles. The molecule has 0 amide bonds. The second kappa shape index (κ2) is 6.69. The lowest BCUT2D eigenvalue weighted by molar-refractivity contribution is -0.384. The molecule has 0 aliphatic rings. The Balaban J connectivity index is 2.73. The Morgan fingerprint density at radius 1 is 1.56 bits per heavy atom. The summed E-state index contributed by atoms with van der Waals surface area (Å²) in [5.74, 6) is 0. The molecule has 0 heterocycles. The Morgan fingerprint density at radius 2 is 2.28 bits per heavy atom. The molecule has 0 radical (unpaired) electrons. The quantitative estimate of drug-likeness (QED) is 0.606. The van der Waals surface area contributed by atoms with Crippen LogP contribution in [0.4, 0.5) is 5.69 Å². The van der Waals surface area contributed by atoms with Crippen molar-refractivity contribution in [2.75, 3.05) is 27.2 Å². The van der Waals surface area contributed by atoms with Gasteiger partial charge in [0, 0.05) is 25.2 Å². The van der Waals surface area contributed by atoms with E-state index in [9.17, 15) is 10.1 Å². The number of rotatable bonds is 6. The molecule has 1 atom stereocenters. The number of hydrogen-bond donors (Lipinski definition) is 1. The van der Waals surface area contributed by atoms with E-state index in [4.69, 9.17) is 5.26 Å². The predicted octanol–water partition coefficient (Wildman–Crippen LogP) is 1.31. The second-order valence-electron chi connectivity index (χ2n) is 4.17. The fourth-order valence-corrected chi connectivity index (χ4v) is 1.49. The van der Waals surface area contributed by atoms with Crippen LogP contribution in [-0.2, 0) is 0 Å². The first kappa shape index (κ1) is 14.1. The SMILES string of the molecule is CN(C)CCNC(C#N)c1cccc([N+](=O)[O-])c1. The zero-order chi connectivity index (χ0) is 13.5. The molecule has 0 aromatic heterocycles. The van der Waals surface area contributed by atoms with Gasteiger partial charge in [-0.1, -0.05) is 12.1 Å². The maximum absolute atomic E-state index is 10.7. The maximum Gasteiger partial charge on any atom is 0.269 e. The molecule has 1 rings (SSSR count). The van der Waals surface area contributed by atoms with Crippen molar-refractivity contribution >= 4 is 5.69 Å². The molecule has 1 aromatic rings. The third-order valence-corrected chi connectivity index (χ3v) is 2.45. The molecule has 1 aromatic carbocycles. The highest BCUT2D eigenvalue weighted by Gasteiger charge is 2.13. The van der Waals surface area contributed by atoms with Crippen molar-refractivity contribution in [1.82, 2.24) is 10.2 Å². The molecule has 96 valence electrons. The summed E-state index contributed by atoms with van der Waals surface area (Å²) in [5, 5.41) is 22.8. The molecule has 0 saturated heterocycles. The number of nitrogens with zero attached hydrogens (tertiary/aromatic N) is 3. The van der Waals surface area contributed by atoms with E-state index in [1.807, 2.05) is 19.0 Å². The molecular formula is C12H16N4O2. The number of nitriles is 1. The van der Waals surface area contributed by atoms with Crippen molar-refractivity contribution in [3.63, 3.8) is 0 Å². The van der Waals surface area contributed by atoms with Crippen molar-refractivity contribution in [3.05, 3.63) is 39.9 Å². The van der Waals surface area contributed by atoms with Gasteiger partial charge < -0.3 is 4.90 Å². The first-order chi connectivity index (χ1) is 8.54. The molecule has 0 spiro atoms. The number of hydrogen-bond acceptors (Lipinski definition) is 5. The van der Waals surface area contributed by atoms with Crippen molar-refractivity contribution in [2.45, 2.75) is 6.04 Å². The van der Waals surface area contributed by atoms with Gasteiger partial charge in [-0.05, 0) is 19.7 Å². The van der Waals surface area contributed by atoms with Crippen LogP contribution in [0.5, 0.6) is 0 Å². The summed E-state index contributed by atoms with van der Waals surface area (Å²) in [7, 11) is 3.88. The molecule has 1 unspecified atom stereocenters. The minimum atomic E-state index is -0.523. The number of nitro groups is 1. The van der Waals surface area contributed by atoms with Gasteiger partial charge in [0.05, 0.1) is 11.0 Å². The average Bonchev–Trinajstić information content (AvgIpc) is 2.34. The lowest BCUT2D eigenvalue weighted by Gasteiger charge is -2.14. The minimum absolute atomic E-state index is 0.00200. The Labute approximate surface area is 106 Å². The Kier molecular flexibility index (Phi) is 5.24. The van der Waals surface area contributed by atoms with E-state index < -0.39 is 11.0 Å². The minimum Gasteiger partial charge on any atom is -0.308 e.